The van der Waals surface area contributed by atoms with Crippen LogP contribution in [0.5, 0.6) is 0 Å². The molecular weight excluding hydrogens is 351 g/mol. The Morgan fingerprint density at radius 3 is 2.35 bits per heavy atom. The van der Waals surface area contributed by atoms with Crippen molar-refractivity contribution in [2.45, 2.75) is 39.5 Å². The average molecular weight is 371 g/mol. The molecule has 1 aromatic carbocycles. The highest BCUT2D eigenvalue weighted by Gasteiger charge is 2.29. The monoisotopic (exact) mass is 371 g/mol. The summed E-state index contributed by atoms with van der Waals surface area (Å²) in [5.74, 6) is -0.606. The predicted molar refractivity (Wildman–Crippen MR) is 91.1 cm³/mol. The van der Waals surface area contributed by atoms with Crippen molar-refractivity contribution in [2.24, 2.45) is 0 Å². The minimum absolute atomic E-state index is 0.0923. The van der Waals surface area contributed by atoms with E-state index in [9.17, 15) is 27.6 Å². The van der Waals surface area contributed by atoms with Crippen LogP contribution < -0.4 is 11.2 Å². The Bertz CT molecular complexity index is 915. The van der Waals surface area contributed by atoms with Crippen LogP contribution in [0.1, 0.15) is 20.3 Å². The molecule has 0 aliphatic carbocycles. The summed E-state index contributed by atoms with van der Waals surface area (Å²) in [6, 6.07) is 6.35. The van der Waals surface area contributed by atoms with Crippen LogP contribution >= 0.6 is 0 Å². The van der Waals surface area contributed by atoms with Gasteiger partial charge in [0.25, 0.3) is 5.56 Å². The molecule has 0 unspecified atom stereocenters. The molecule has 0 aliphatic rings. The fourth-order valence-corrected chi connectivity index (χ4v) is 2.76. The lowest BCUT2D eigenvalue weighted by molar-refractivity contribution is -0.145. The quantitative estimate of drug-likeness (QED) is 0.780. The molecule has 1 heterocycles. The molecule has 9 heteroatoms. The number of fused-ring (bicyclic) bond motifs is 1. The maximum absolute atomic E-state index is 12.6. The summed E-state index contributed by atoms with van der Waals surface area (Å²) in [6.07, 6.45) is -5.48. The molecule has 0 spiro atoms. The number of rotatable bonds is 6. The number of halogens is 3. The number of likely N-dealkylation sites (N-methyl/N-ethyl adjacent to an activating group) is 1. The lowest BCUT2D eigenvalue weighted by atomic mass is 10.2. The summed E-state index contributed by atoms with van der Waals surface area (Å²) in [4.78, 5) is 38.4. The van der Waals surface area contributed by atoms with Gasteiger partial charge in [-0.2, -0.15) is 13.2 Å². The lowest BCUT2D eigenvalue weighted by Gasteiger charge is -2.22. The third-order valence-corrected chi connectivity index (χ3v) is 4.14. The predicted octanol–water partition coefficient (Wildman–Crippen LogP) is 1.98. The van der Waals surface area contributed by atoms with E-state index in [0.717, 1.165) is 14.0 Å². The van der Waals surface area contributed by atoms with Crippen molar-refractivity contribution in [2.75, 3.05) is 13.1 Å². The number of carbonyl (C=O) groups is 1. The summed E-state index contributed by atoms with van der Waals surface area (Å²) < 4.78 is 39.4. The largest absolute Gasteiger partial charge is 0.390 e. The van der Waals surface area contributed by atoms with Crippen molar-refractivity contribution in [3.05, 3.63) is 45.1 Å². The van der Waals surface area contributed by atoms with Gasteiger partial charge in [-0.15, -0.1) is 0 Å². The van der Waals surface area contributed by atoms with E-state index in [1.807, 2.05) is 0 Å². The Morgan fingerprint density at radius 1 is 1.12 bits per heavy atom. The molecule has 6 nitrogen and oxygen atoms in total. The number of hydrogen-bond donors (Lipinski definition) is 0. The normalized spacial score (nSPS) is 11.7. The van der Waals surface area contributed by atoms with Crippen molar-refractivity contribution in [1.82, 2.24) is 14.0 Å². The molecule has 2 aromatic rings. The van der Waals surface area contributed by atoms with Crippen molar-refractivity contribution in [3.63, 3.8) is 0 Å². The van der Waals surface area contributed by atoms with Crippen LogP contribution in [0.25, 0.3) is 10.9 Å². The number of alkyl halides is 3. The number of benzene rings is 1. The third-order valence-electron chi connectivity index (χ3n) is 4.14. The molecular formula is C17H20F3N3O3. The van der Waals surface area contributed by atoms with Crippen molar-refractivity contribution >= 4 is 16.8 Å². The first-order valence-corrected chi connectivity index (χ1v) is 8.26. The smallest absolute Gasteiger partial charge is 0.341 e. The van der Waals surface area contributed by atoms with Gasteiger partial charge < -0.3 is 4.90 Å². The van der Waals surface area contributed by atoms with Crippen molar-refractivity contribution < 1.29 is 18.0 Å². The molecule has 2 rings (SSSR count). The number of aromatic nitrogens is 2. The van der Waals surface area contributed by atoms with E-state index in [2.05, 4.69) is 0 Å². The molecule has 0 atom stereocenters. The van der Waals surface area contributed by atoms with Gasteiger partial charge in [-0.05, 0) is 26.0 Å². The van der Waals surface area contributed by atoms with Gasteiger partial charge in [0.1, 0.15) is 6.54 Å². The Morgan fingerprint density at radius 2 is 1.77 bits per heavy atom. The van der Waals surface area contributed by atoms with Crippen LogP contribution in [0, 0.1) is 0 Å². The van der Waals surface area contributed by atoms with Gasteiger partial charge >= 0.3 is 11.9 Å². The summed E-state index contributed by atoms with van der Waals surface area (Å²) in [5, 5.41) is 0.278. The van der Waals surface area contributed by atoms with Crippen LogP contribution in [0.15, 0.2) is 33.9 Å². The fourth-order valence-electron chi connectivity index (χ4n) is 2.76. The zero-order valence-corrected chi connectivity index (χ0v) is 14.5. The number of amides is 1. The van der Waals surface area contributed by atoms with E-state index >= 15 is 0 Å². The Labute approximate surface area is 147 Å². The summed E-state index contributed by atoms with van der Waals surface area (Å²) in [6.45, 7) is 2.52. The molecule has 142 valence electrons. The highest BCUT2D eigenvalue weighted by Crippen LogP contribution is 2.20. The first-order valence-electron chi connectivity index (χ1n) is 8.26. The summed E-state index contributed by atoms with van der Waals surface area (Å²) in [7, 11) is 0. The minimum Gasteiger partial charge on any atom is -0.341 e. The van der Waals surface area contributed by atoms with Crippen LogP contribution in [0.4, 0.5) is 13.2 Å². The van der Waals surface area contributed by atoms with Gasteiger partial charge in [0.15, 0.2) is 0 Å². The van der Waals surface area contributed by atoms with E-state index in [1.165, 1.54) is 6.07 Å². The minimum atomic E-state index is -4.37. The molecule has 0 saturated heterocycles. The number of hydrogen-bond acceptors (Lipinski definition) is 3. The lowest BCUT2D eigenvalue weighted by Crippen LogP contribution is -2.43. The van der Waals surface area contributed by atoms with E-state index in [4.69, 9.17) is 0 Å². The third kappa shape index (κ3) is 4.14. The SMILES string of the molecule is CCN(CCC(F)(F)F)C(=O)Cn1c(=O)n(CC)c(=O)c2ccccc21. The highest BCUT2D eigenvalue weighted by molar-refractivity contribution is 5.81. The van der Waals surface area contributed by atoms with Crippen molar-refractivity contribution in [1.29, 1.82) is 0 Å². The van der Waals surface area contributed by atoms with Gasteiger partial charge in [-0.25, -0.2) is 4.79 Å². The first-order chi connectivity index (χ1) is 12.2. The van der Waals surface area contributed by atoms with Crippen LogP contribution in [-0.2, 0) is 17.9 Å². The Balaban J connectivity index is 2.42. The van der Waals surface area contributed by atoms with E-state index < -0.39 is 42.8 Å². The van der Waals surface area contributed by atoms with E-state index in [0.29, 0.717) is 0 Å². The van der Waals surface area contributed by atoms with E-state index in [-0.39, 0.29) is 24.0 Å². The van der Waals surface area contributed by atoms with E-state index in [1.54, 1.807) is 32.0 Å². The van der Waals surface area contributed by atoms with Crippen molar-refractivity contribution in [3.8, 4) is 0 Å². The second kappa shape index (κ2) is 7.76. The zero-order chi connectivity index (χ0) is 19.5. The Kier molecular flexibility index (Phi) is 5.89. The maximum atomic E-state index is 12.6. The molecule has 0 saturated carbocycles. The second-order valence-corrected chi connectivity index (χ2v) is 5.77. The topological polar surface area (TPSA) is 64.3 Å². The maximum Gasteiger partial charge on any atom is 0.390 e. The molecule has 26 heavy (non-hydrogen) atoms. The standard InChI is InChI=1S/C17H20F3N3O3/c1-3-21(10-9-17(18,19)20)14(24)11-23-13-8-6-5-7-12(13)15(25)22(4-2)16(23)26/h5-8H,3-4,9-11H2,1-2H3. The number of nitrogens with zero attached hydrogens (tertiary/aromatic N) is 3. The molecule has 1 amide bonds. The fraction of sp³-hybridized carbons (Fsp3) is 0.471. The number of carbonyl (C=O) groups excluding carboxylic acids is 1. The van der Waals surface area contributed by atoms with Crippen LogP contribution in [0.3, 0.4) is 0 Å². The average Bonchev–Trinajstić information content (AvgIpc) is 2.58. The van der Waals surface area contributed by atoms with Crippen LogP contribution in [0.2, 0.25) is 0 Å². The summed E-state index contributed by atoms with van der Waals surface area (Å²) >= 11 is 0. The summed E-state index contributed by atoms with van der Waals surface area (Å²) in [5.41, 5.74) is -0.829. The molecule has 0 radical (unpaired) electrons. The van der Waals surface area contributed by atoms with Gasteiger partial charge in [0.2, 0.25) is 5.91 Å². The number of para-hydroxylation sites is 1. The molecule has 0 aliphatic heterocycles. The van der Waals surface area contributed by atoms with Gasteiger partial charge in [0, 0.05) is 19.6 Å². The van der Waals surface area contributed by atoms with Gasteiger partial charge in [0.05, 0.1) is 17.3 Å². The van der Waals surface area contributed by atoms with Crippen LogP contribution in [-0.4, -0.2) is 39.2 Å². The molecule has 1 aromatic heterocycles. The molecule has 0 fully saturated rings. The first kappa shape index (κ1) is 19.7. The molecule has 0 N–H and O–H groups in total. The highest BCUT2D eigenvalue weighted by atomic mass is 19.4. The van der Waals surface area contributed by atoms with Gasteiger partial charge in [-0.1, -0.05) is 12.1 Å². The Hall–Kier alpha value is -2.58. The second-order valence-electron chi connectivity index (χ2n) is 5.77. The zero-order valence-electron chi connectivity index (χ0n) is 14.5. The van der Waals surface area contributed by atoms with Gasteiger partial charge in [-0.3, -0.25) is 18.7 Å². The molecule has 0 bridgehead atoms.